The van der Waals surface area contributed by atoms with Crippen LogP contribution in [0, 0.1) is 0 Å². The lowest BCUT2D eigenvalue weighted by Gasteiger charge is -2.35. The van der Waals surface area contributed by atoms with E-state index >= 15 is 0 Å². The fourth-order valence-electron chi connectivity index (χ4n) is 2.90. The lowest BCUT2D eigenvalue weighted by atomic mass is 10.00. The molecule has 0 aliphatic carbocycles. The molecule has 3 rings (SSSR count). The van der Waals surface area contributed by atoms with E-state index in [9.17, 15) is 9.59 Å². The van der Waals surface area contributed by atoms with Gasteiger partial charge in [0.2, 0.25) is 0 Å². The van der Waals surface area contributed by atoms with Gasteiger partial charge in [0.1, 0.15) is 0 Å². The number of likely N-dealkylation sites (tertiary alicyclic amines) is 1. The molecule has 0 radical (unpaired) electrons. The smallest absolute Gasteiger partial charge is 0.322 e. The van der Waals surface area contributed by atoms with E-state index in [2.05, 4.69) is 10.3 Å². The average Bonchev–Trinajstić information content (AvgIpc) is 3.16. The van der Waals surface area contributed by atoms with Crippen molar-refractivity contribution in [2.75, 3.05) is 11.9 Å². The molecule has 0 saturated carbocycles. The molecule has 3 N–H and O–H groups in total. The number of aryl methyl sites for hydroxylation is 1. The van der Waals surface area contributed by atoms with Gasteiger partial charge in [-0.2, -0.15) is 0 Å². The quantitative estimate of drug-likeness (QED) is 0.903. The van der Waals surface area contributed by atoms with Gasteiger partial charge < -0.3 is 20.5 Å². The number of nitrogens with zero attached hydrogens (tertiary/aromatic N) is 3. The summed E-state index contributed by atoms with van der Waals surface area (Å²) in [6, 6.07) is 1.46. The van der Waals surface area contributed by atoms with E-state index in [-0.39, 0.29) is 12.1 Å². The molecule has 1 unspecified atom stereocenters. The number of hydrogen-bond acceptors (Lipinski definition) is 4. The van der Waals surface area contributed by atoms with Crippen LogP contribution < -0.4 is 11.1 Å². The van der Waals surface area contributed by atoms with Crippen molar-refractivity contribution in [1.82, 2.24) is 14.5 Å². The van der Waals surface area contributed by atoms with Crippen LogP contribution >= 0.6 is 11.3 Å². The number of carbonyl (C=O) groups excluding carboxylic acids is 2. The molecule has 1 fully saturated rings. The Labute approximate surface area is 138 Å². The number of thiophene rings is 1. The predicted octanol–water partition coefficient (Wildman–Crippen LogP) is 2.34. The number of carbonyl (C=O) groups is 2. The summed E-state index contributed by atoms with van der Waals surface area (Å²) in [6.45, 7) is 0.703. The number of urea groups is 1. The number of amides is 3. The van der Waals surface area contributed by atoms with E-state index in [0.29, 0.717) is 17.1 Å². The standard InChI is InChI=1S/C15H19N5O2S/c1-19-9-17-7-12(19)11-4-2-3-5-20(11)15(22)18-10-6-13(14(16)21)23-8-10/h6-9,11H,2-5H2,1H3,(H2,16,21)(H,18,22). The summed E-state index contributed by atoms with van der Waals surface area (Å²) < 4.78 is 1.95. The Morgan fingerprint density at radius 1 is 1.43 bits per heavy atom. The van der Waals surface area contributed by atoms with Crippen molar-refractivity contribution in [3.8, 4) is 0 Å². The van der Waals surface area contributed by atoms with Crippen molar-refractivity contribution in [3.05, 3.63) is 34.5 Å². The van der Waals surface area contributed by atoms with Crippen LogP contribution in [0.1, 0.15) is 40.7 Å². The van der Waals surface area contributed by atoms with Crippen LogP contribution in [0.4, 0.5) is 10.5 Å². The van der Waals surface area contributed by atoms with Crippen molar-refractivity contribution in [1.29, 1.82) is 0 Å². The highest BCUT2D eigenvalue weighted by Gasteiger charge is 2.30. The van der Waals surface area contributed by atoms with Crippen molar-refractivity contribution < 1.29 is 9.59 Å². The van der Waals surface area contributed by atoms with Crippen molar-refractivity contribution in [2.45, 2.75) is 25.3 Å². The zero-order valence-electron chi connectivity index (χ0n) is 12.9. The maximum atomic E-state index is 12.6. The number of nitrogens with one attached hydrogen (secondary N) is 1. The molecule has 2 aromatic rings. The number of imidazole rings is 1. The van der Waals surface area contributed by atoms with Crippen molar-refractivity contribution in [2.24, 2.45) is 12.8 Å². The zero-order chi connectivity index (χ0) is 16.4. The molecule has 1 atom stereocenters. The molecule has 3 heterocycles. The molecule has 8 heteroatoms. The van der Waals surface area contributed by atoms with Crippen molar-refractivity contribution >= 4 is 29.0 Å². The number of piperidine rings is 1. The fourth-order valence-corrected chi connectivity index (χ4v) is 3.59. The highest BCUT2D eigenvalue weighted by molar-refractivity contribution is 7.12. The average molecular weight is 333 g/mol. The molecule has 1 saturated heterocycles. The minimum absolute atomic E-state index is 0.0190. The second-order valence-corrected chi connectivity index (χ2v) is 6.54. The van der Waals surface area contributed by atoms with E-state index in [1.165, 1.54) is 11.3 Å². The van der Waals surface area contributed by atoms with Gasteiger partial charge in [-0.1, -0.05) is 0 Å². The number of primary amides is 1. The minimum atomic E-state index is -0.485. The lowest BCUT2D eigenvalue weighted by molar-refractivity contribution is 0.100. The van der Waals surface area contributed by atoms with E-state index in [1.54, 1.807) is 17.8 Å². The maximum Gasteiger partial charge on any atom is 0.322 e. The summed E-state index contributed by atoms with van der Waals surface area (Å²) in [4.78, 5) is 30.2. The summed E-state index contributed by atoms with van der Waals surface area (Å²) in [5.41, 5.74) is 6.87. The maximum absolute atomic E-state index is 12.6. The summed E-state index contributed by atoms with van der Waals surface area (Å²) in [6.07, 6.45) is 6.55. The second-order valence-electron chi connectivity index (χ2n) is 5.63. The van der Waals surface area contributed by atoms with E-state index in [4.69, 9.17) is 5.73 Å². The van der Waals surface area contributed by atoms with Crippen LogP contribution in [0.25, 0.3) is 0 Å². The van der Waals surface area contributed by atoms with Crippen LogP contribution in [-0.2, 0) is 7.05 Å². The fraction of sp³-hybridized carbons (Fsp3) is 0.400. The van der Waals surface area contributed by atoms with Crippen LogP contribution in [0.5, 0.6) is 0 Å². The molecule has 122 valence electrons. The molecule has 7 nitrogen and oxygen atoms in total. The van der Waals surface area contributed by atoms with Gasteiger partial charge in [0.25, 0.3) is 5.91 Å². The Morgan fingerprint density at radius 2 is 2.26 bits per heavy atom. The normalized spacial score (nSPS) is 18.0. The third-order valence-corrected chi connectivity index (χ3v) is 5.00. The summed E-state index contributed by atoms with van der Waals surface area (Å²) in [5, 5.41) is 4.58. The number of nitrogens with two attached hydrogens (primary N) is 1. The molecule has 2 aromatic heterocycles. The molecule has 0 aromatic carbocycles. The highest BCUT2D eigenvalue weighted by atomic mass is 32.1. The van der Waals surface area contributed by atoms with Gasteiger partial charge in [-0.25, -0.2) is 9.78 Å². The predicted molar refractivity (Wildman–Crippen MR) is 88.4 cm³/mol. The van der Waals surface area contributed by atoms with Crippen LogP contribution in [-0.4, -0.2) is 32.9 Å². The van der Waals surface area contributed by atoms with Crippen molar-refractivity contribution in [3.63, 3.8) is 0 Å². The van der Waals surface area contributed by atoms with E-state index < -0.39 is 5.91 Å². The van der Waals surface area contributed by atoms with Gasteiger partial charge in [-0.3, -0.25) is 4.79 Å². The Balaban J connectivity index is 1.76. The number of rotatable bonds is 3. The van der Waals surface area contributed by atoms with E-state index in [1.807, 2.05) is 22.7 Å². The number of anilines is 1. The Bertz CT molecular complexity index is 723. The lowest BCUT2D eigenvalue weighted by Crippen LogP contribution is -2.41. The third kappa shape index (κ3) is 3.21. The summed E-state index contributed by atoms with van der Waals surface area (Å²) in [7, 11) is 1.94. The van der Waals surface area contributed by atoms with Crippen LogP contribution in [0.15, 0.2) is 24.0 Å². The summed E-state index contributed by atoms with van der Waals surface area (Å²) >= 11 is 1.23. The molecule has 23 heavy (non-hydrogen) atoms. The molecule has 1 aliphatic rings. The molecule has 0 spiro atoms. The Kier molecular flexibility index (Phi) is 4.33. The molecule has 1 aliphatic heterocycles. The Morgan fingerprint density at radius 3 is 2.91 bits per heavy atom. The highest BCUT2D eigenvalue weighted by Crippen LogP contribution is 2.31. The van der Waals surface area contributed by atoms with Gasteiger partial charge >= 0.3 is 6.03 Å². The Hall–Kier alpha value is -2.35. The van der Waals surface area contributed by atoms with Gasteiger partial charge in [0, 0.05) is 19.0 Å². The first-order chi connectivity index (χ1) is 11.1. The SMILES string of the molecule is Cn1cncc1C1CCCCN1C(=O)Nc1csc(C(N)=O)c1. The second kappa shape index (κ2) is 6.41. The topological polar surface area (TPSA) is 93.2 Å². The van der Waals surface area contributed by atoms with Gasteiger partial charge in [-0.15, -0.1) is 11.3 Å². The van der Waals surface area contributed by atoms with E-state index in [0.717, 1.165) is 25.0 Å². The van der Waals surface area contributed by atoms with Crippen LogP contribution in [0.2, 0.25) is 0 Å². The van der Waals surface area contributed by atoms with Crippen LogP contribution in [0.3, 0.4) is 0 Å². The number of hydrogen-bond donors (Lipinski definition) is 2. The molecule has 3 amide bonds. The zero-order valence-corrected chi connectivity index (χ0v) is 13.7. The third-order valence-electron chi connectivity index (χ3n) is 4.05. The van der Waals surface area contributed by atoms with Gasteiger partial charge in [0.05, 0.1) is 34.8 Å². The summed E-state index contributed by atoms with van der Waals surface area (Å²) in [5.74, 6) is -0.485. The minimum Gasteiger partial charge on any atom is -0.365 e. The van der Waals surface area contributed by atoms with Gasteiger partial charge in [-0.05, 0) is 25.3 Å². The largest absolute Gasteiger partial charge is 0.365 e. The molecular weight excluding hydrogens is 314 g/mol. The molecular formula is C15H19N5O2S. The monoisotopic (exact) mass is 333 g/mol. The first kappa shape index (κ1) is 15.5. The molecule has 0 bridgehead atoms. The number of aromatic nitrogens is 2. The first-order valence-electron chi connectivity index (χ1n) is 7.48. The van der Waals surface area contributed by atoms with Gasteiger partial charge in [0.15, 0.2) is 0 Å². The first-order valence-corrected chi connectivity index (χ1v) is 8.36.